The third-order valence-electron chi connectivity index (χ3n) is 6.72. The molecule has 0 atom stereocenters. The van der Waals surface area contributed by atoms with Gasteiger partial charge in [0.15, 0.2) is 0 Å². The Balaban J connectivity index is 0. The zero-order valence-corrected chi connectivity index (χ0v) is 23.4. The van der Waals surface area contributed by atoms with E-state index in [-0.39, 0.29) is 0 Å². The van der Waals surface area contributed by atoms with Crippen molar-refractivity contribution in [1.82, 2.24) is 0 Å². The van der Waals surface area contributed by atoms with Crippen LogP contribution in [0.2, 0.25) is 0 Å². The molecule has 0 amide bonds. The number of hydrogen-bond acceptors (Lipinski definition) is 0. The average Bonchev–Trinajstić information content (AvgIpc) is 2.81. The van der Waals surface area contributed by atoms with Crippen LogP contribution in [-0.4, -0.2) is 0 Å². The minimum absolute atomic E-state index is 1.21. The maximum Gasteiger partial charge on any atom is -0.0353 e. The van der Waals surface area contributed by atoms with E-state index in [9.17, 15) is 0 Å². The fourth-order valence-corrected chi connectivity index (χ4v) is 4.40. The second kappa shape index (κ2) is 35.3. The summed E-state index contributed by atoms with van der Waals surface area (Å²) in [5, 5.41) is 0. The van der Waals surface area contributed by atoms with Crippen LogP contribution in [0.1, 0.15) is 194 Å². The lowest BCUT2D eigenvalue weighted by atomic mass is 10.0. The van der Waals surface area contributed by atoms with Crippen LogP contribution in [0.5, 0.6) is 0 Å². The molecule has 0 N–H and O–H groups in total. The van der Waals surface area contributed by atoms with Crippen LogP contribution in [0.3, 0.4) is 0 Å². The summed E-state index contributed by atoms with van der Waals surface area (Å²) in [4.78, 5) is 0. The lowest BCUT2D eigenvalue weighted by molar-refractivity contribution is 0.538. The van der Waals surface area contributed by atoms with Gasteiger partial charge in [-0.05, 0) is 12.8 Å². The summed E-state index contributed by atoms with van der Waals surface area (Å²) in [6.07, 6.45) is 40.9. The highest BCUT2D eigenvalue weighted by Crippen LogP contribution is 2.13. The monoisotopic (exact) mass is 451 g/mol. The summed E-state index contributed by atoms with van der Waals surface area (Å²) in [7, 11) is 0. The molecule has 0 heterocycles. The van der Waals surface area contributed by atoms with Crippen LogP contribution in [0, 0.1) is 0 Å². The molecule has 0 fully saturated rings. The molecule has 0 saturated carbocycles. The maximum absolute atomic E-state index is 3.75. The van der Waals surface area contributed by atoms with E-state index in [1.165, 1.54) is 173 Å². The fourth-order valence-electron chi connectivity index (χ4n) is 4.40. The van der Waals surface area contributed by atoms with E-state index in [1.54, 1.807) is 0 Å². The van der Waals surface area contributed by atoms with E-state index < -0.39 is 0 Å². The lowest BCUT2D eigenvalue weighted by Gasteiger charge is -2.02. The molecule has 194 valence electrons. The van der Waals surface area contributed by atoms with Crippen LogP contribution in [0.15, 0.2) is 12.7 Å². The van der Waals surface area contributed by atoms with E-state index >= 15 is 0 Å². The predicted molar refractivity (Wildman–Crippen MR) is 152 cm³/mol. The van der Waals surface area contributed by atoms with Gasteiger partial charge in [-0.3, -0.25) is 0 Å². The highest BCUT2D eigenvalue weighted by molar-refractivity contribution is 4.65. The van der Waals surface area contributed by atoms with Crippen LogP contribution < -0.4 is 0 Å². The molecule has 0 aliphatic carbocycles. The molecular formula is C32H66. The Kier molecular flexibility index (Phi) is 37.4. The van der Waals surface area contributed by atoms with E-state index in [4.69, 9.17) is 0 Å². The summed E-state index contributed by atoms with van der Waals surface area (Å²) in [5.41, 5.74) is 0. The quantitative estimate of drug-likeness (QED) is 0.0907. The van der Waals surface area contributed by atoms with Gasteiger partial charge in [0, 0.05) is 0 Å². The second-order valence-electron chi connectivity index (χ2n) is 10.2. The van der Waals surface area contributed by atoms with E-state index in [0.29, 0.717) is 0 Å². The van der Waals surface area contributed by atoms with Gasteiger partial charge in [-0.25, -0.2) is 0 Å². The Labute approximate surface area is 206 Å². The third kappa shape index (κ3) is 37.1. The molecule has 0 aromatic rings. The molecule has 0 bridgehead atoms. The summed E-state index contributed by atoms with van der Waals surface area (Å²) < 4.78 is 0. The normalized spacial score (nSPS) is 10.7. The van der Waals surface area contributed by atoms with Gasteiger partial charge >= 0.3 is 0 Å². The summed E-state index contributed by atoms with van der Waals surface area (Å²) in [6, 6.07) is 0. The first kappa shape index (κ1) is 33.9. The molecule has 0 aliphatic heterocycles. The van der Waals surface area contributed by atoms with Crippen molar-refractivity contribution >= 4 is 0 Å². The van der Waals surface area contributed by atoms with Gasteiger partial charge in [0.25, 0.3) is 0 Å². The molecule has 0 rings (SSSR count). The van der Waals surface area contributed by atoms with Gasteiger partial charge in [0.1, 0.15) is 0 Å². The van der Waals surface area contributed by atoms with Gasteiger partial charge in [-0.2, -0.15) is 0 Å². The molecule has 0 heteroatoms. The highest BCUT2D eigenvalue weighted by atomic mass is 14.0. The zero-order valence-electron chi connectivity index (χ0n) is 23.4. The average molecular weight is 451 g/mol. The molecule has 0 radical (unpaired) electrons. The van der Waals surface area contributed by atoms with Gasteiger partial charge in [-0.1, -0.05) is 187 Å². The SMILES string of the molecule is C=CCCCCCCCCCCCCCC.CCCCCCCCCCCCCCCC. The van der Waals surface area contributed by atoms with Gasteiger partial charge in [0.05, 0.1) is 0 Å². The van der Waals surface area contributed by atoms with Crippen molar-refractivity contribution < 1.29 is 0 Å². The molecule has 0 nitrogen and oxygen atoms in total. The first-order valence-electron chi connectivity index (χ1n) is 15.4. The van der Waals surface area contributed by atoms with E-state index in [1.807, 2.05) is 6.08 Å². The van der Waals surface area contributed by atoms with Crippen LogP contribution in [0.4, 0.5) is 0 Å². The first-order chi connectivity index (χ1) is 15.8. The summed E-state index contributed by atoms with van der Waals surface area (Å²) >= 11 is 0. The Morgan fingerprint density at radius 1 is 0.312 bits per heavy atom. The number of allylic oxidation sites excluding steroid dienone is 1. The molecule has 0 unspecified atom stereocenters. The van der Waals surface area contributed by atoms with Crippen molar-refractivity contribution in [2.45, 2.75) is 194 Å². The zero-order chi connectivity index (χ0) is 23.8. The van der Waals surface area contributed by atoms with Crippen LogP contribution in [-0.2, 0) is 0 Å². The number of hydrogen-bond donors (Lipinski definition) is 0. The maximum atomic E-state index is 3.75. The van der Waals surface area contributed by atoms with Gasteiger partial charge < -0.3 is 0 Å². The van der Waals surface area contributed by atoms with Crippen LogP contribution >= 0.6 is 0 Å². The van der Waals surface area contributed by atoms with Crippen molar-refractivity contribution in [1.29, 1.82) is 0 Å². The predicted octanol–water partition coefficient (Wildman–Crippen LogP) is 12.8. The largest absolute Gasteiger partial charge is 0.103 e. The number of unbranched alkanes of at least 4 members (excludes halogenated alkanes) is 25. The van der Waals surface area contributed by atoms with Crippen molar-refractivity contribution in [2.75, 3.05) is 0 Å². The first-order valence-corrected chi connectivity index (χ1v) is 15.4. The van der Waals surface area contributed by atoms with Crippen LogP contribution in [0.25, 0.3) is 0 Å². The smallest absolute Gasteiger partial charge is 0.0353 e. The second-order valence-corrected chi connectivity index (χ2v) is 10.2. The third-order valence-corrected chi connectivity index (χ3v) is 6.72. The Bertz CT molecular complexity index is 278. The Morgan fingerprint density at radius 3 is 0.688 bits per heavy atom. The topological polar surface area (TPSA) is 0 Å². The molecule has 0 aromatic heterocycles. The fraction of sp³-hybridized carbons (Fsp3) is 0.938. The molecule has 0 aliphatic rings. The van der Waals surface area contributed by atoms with E-state index in [2.05, 4.69) is 27.4 Å². The highest BCUT2D eigenvalue weighted by Gasteiger charge is 1.94. The van der Waals surface area contributed by atoms with Gasteiger partial charge in [-0.15, -0.1) is 6.58 Å². The molecule has 32 heavy (non-hydrogen) atoms. The lowest BCUT2D eigenvalue weighted by Crippen LogP contribution is -1.82. The molecule has 0 aromatic carbocycles. The molecule has 0 saturated heterocycles. The van der Waals surface area contributed by atoms with Crippen molar-refractivity contribution in [3.05, 3.63) is 12.7 Å². The van der Waals surface area contributed by atoms with Crippen molar-refractivity contribution in [2.24, 2.45) is 0 Å². The Morgan fingerprint density at radius 2 is 0.500 bits per heavy atom. The molecular weight excluding hydrogens is 384 g/mol. The summed E-state index contributed by atoms with van der Waals surface area (Å²) in [5.74, 6) is 0. The summed E-state index contributed by atoms with van der Waals surface area (Å²) in [6.45, 7) is 10.6. The minimum Gasteiger partial charge on any atom is -0.103 e. The van der Waals surface area contributed by atoms with Gasteiger partial charge in [0.2, 0.25) is 0 Å². The van der Waals surface area contributed by atoms with Crippen molar-refractivity contribution in [3.8, 4) is 0 Å². The molecule has 0 spiro atoms. The van der Waals surface area contributed by atoms with E-state index in [0.717, 1.165) is 0 Å². The standard InChI is InChI=1S/C16H34.C16H32/c2*1-3-5-7-9-11-13-15-16-14-12-10-8-6-4-2/h3-16H2,1-2H3;3H,1,4-16H2,2H3. The number of rotatable bonds is 26. The minimum atomic E-state index is 1.21. The van der Waals surface area contributed by atoms with Crippen molar-refractivity contribution in [3.63, 3.8) is 0 Å². The Hall–Kier alpha value is -0.260.